The molecule has 0 aromatic carbocycles. The molecule has 0 saturated heterocycles. The van der Waals surface area contributed by atoms with E-state index in [0.29, 0.717) is 25.7 Å². The van der Waals surface area contributed by atoms with Crippen molar-refractivity contribution in [3.05, 3.63) is 24.3 Å². The van der Waals surface area contributed by atoms with Crippen LogP contribution in [0.3, 0.4) is 0 Å². The number of aliphatic hydroxyl groups is 1. The van der Waals surface area contributed by atoms with Crippen molar-refractivity contribution >= 4 is 39.5 Å². The molecule has 566 valence electrons. The van der Waals surface area contributed by atoms with Gasteiger partial charge < -0.3 is 33.8 Å². The van der Waals surface area contributed by atoms with E-state index in [0.717, 1.165) is 109 Å². The van der Waals surface area contributed by atoms with Crippen molar-refractivity contribution in [3.8, 4) is 0 Å². The zero-order valence-electron chi connectivity index (χ0n) is 62.0. The van der Waals surface area contributed by atoms with E-state index in [9.17, 15) is 43.2 Å². The molecule has 2 unspecified atom stereocenters. The van der Waals surface area contributed by atoms with Crippen molar-refractivity contribution in [2.24, 2.45) is 5.92 Å². The Balaban J connectivity index is 5.30. The lowest BCUT2D eigenvalue weighted by molar-refractivity contribution is -0.161. The Morgan fingerprint density at radius 3 is 0.854 bits per heavy atom. The Morgan fingerprint density at radius 2 is 0.562 bits per heavy atom. The predicted molar refractivity (Wildman–Crippen MR) is 391 cm³/mol. The lowest BCUT2D eigenvalue weighted by Gasteiger charge is -2.21. The number of allylic oxidation sites excluding steroid dienone is 4. The van der Waals surface area contributed by atoms with E-state index in [1.165, 1.54) is 193 Å². The van der Waals surface area contributed by atoms with E-state index in [2.05, 4.69) is 58.9 Å². The van der Waals surface area contributed by atoms with E-state index in [1.54, 1.807) is 0 Å². The molecule has 0 aromatic rings. The quantitative estimate of drug-likeness (QED) is 0.0169. The summed E-state index contributed by atoms with van der Waals surface area (Å²) in [6, 6.07) is 0. The molecule has 0 spiro atoms. The van der Waals surface area contributed by atoms with Crippen LogP contribution in [0.25, 0.3) is 0 Å². The number of aliphatic hydroxyl groups excluding tert-OH is 1. The van der Waals surface area contributed by atoms with Crippen LogP contribution in [0.15, 0.2) is 24.3 Å². The highest BCUT2D eigenvalue weighted by Gasteiger charge is 2.30. The van der Waals surface area contributed by atoms with E-state index in [4.69, 9.17) is 37.0 Å². The van der Waals surface area contributed by atoms with Gasteiger partial charge in [-0.05, 0) is 57.3 Å². The summed E-state index contributed by atoms with van der Waals surface area (Å²) in [6.07, 6.45) is 61.6. The van der Waals surface area contributed by atoms with Crippen molar-refractivity contribution in [2.75, 3.05) is 39.6 Å². The maximum atomic E-state index is 13.1. The normalized spacial score (nSPS) is 14.1. The number of hydrogen-bond acceptors (Lipinski definition) is 15. The summed E-state index contributed by atoms with van der Waals surface area (Å²) in [5.74, 6) is -1.38. The molecule has 0 aliphatic carbocycles. The molecule has 17 nitrogen and oxygen atoms in total. The average Bonchev–Trinajstić information content (AvgIpc) is 1.22. The van der Waals surface area contributed by atoms with Crippen LogP contribution in [0, 0.1) is 5.92 Å². The molecule has 0 aromatic heterocycles. The number of hydrogen-bond donors (Lipinski definition) is 3. The second kappa shape index (κ2) is 69.6. The van der Waals surface area contributed by atoms with Crippen LogP contribution in [-0.4, -0.2) is 96.7 Å². The van der Waals surface area contributed by atoms with Crippen molar-refractivity contribution < 1.29 is 80.2 Å². The predicted octanol–water partition coefficient (Wildman–Crippen LogP) is 22.4. The van der Waals surface area contributed by atoms with E-state index in [1.807, 2.05) is 0 Å². The van der Waals surface area contributed by atoms with Gasteiger partial charge in [-0.1, -0.05) is 329 Å². The highest BCUT2D eigenvalue weighted by molar-refractivity contribution is 7.47. The standard InChI is InChI=1S/C77H146O17P2/c1-6-9-12-15-18-21-24-27-29-31-36-41-46-51-56-61-75(80)88-67-72(93-76(81)62-57-52-47-42-37-32-30-28-25-22-19-16-13-10-7-2)68-91-95(83,84)89-64-71(78)65-90-96(85,86)92-69-73(66-87-74(79)60-55-50-45-40-35-26-23-20-17-14-11-8-3)94-77(82)63-58-53-48-43-38-33-34-39-44-49-54-59-70(4)5/h22,25,28,30,70-73,78H,6-21,23-24,26-27,29,31-69H2,1-5H3,(H,83,84)(H,85,86)/b25-22-,30-28-/t71-,72-,73-/m1/s1. The zero-order valence-corrected chi connectivity index (χ0v) is 63.8. The van der Waals surface area contributed by atoms with Crippen LogP contribution >= 0.6 is 15.6 Å². The van der Waals surface area contributed by atoms with Crippen molar-refractivity contribution in [3.63, 3.8) is 0 Å². The van der Waals surface area contributed by atoms with E-state index >= 15 is 0 Å². The van der Waals surface area contributed by atoms with Crippen LogP contribution in [0.2, 0.25) is 0 Å². The average molecular weight is 1410 g/mol. The van der Waals surface area contributed by atoms with Crippen molar-refractivity contribution in [1.29, 1.82) is 0 Å². The molecular formula is C77H146O17P2. The molecule has 0 rings (SSSR count). The van der Waals surface area contributed by atoms with E-state index < -0.39 is 97.5 Å². The third kappa shape index (κ3) is 70.0. The van der Waals surface area contributed by atoms with Crippen molar-refractivity contribution in [1.82, 2.24) is 0 Å². The van der Waals surface area contributed by atoms with Gasteiger partial charge in [0.1, 0.15) is 19.3 Å². The van der Waals surface area contributed by atoms with Crippen LogP contribution < -0.4 is 0 Å². The first-order valence-corrected chi connectivity index (χ1v) is 42.4. The van der Waals surface area contributed by atoms with Crippen LogP contribution in [-0.2, 0) is 65.4 Å². The lowest BCUT2D eigenvalue weighted by Crippen LogP contribution is -2.30. The summed E-state index contributed by atoms with van der Waals surface area (Å²) in [7, 11) is -9.93. The Hall–Kier alpha value is -2.46. The second-order valence-electron chi connectivity index (χ2n) is 27.5. The third-order valence-electron chi connectivity index (χ3n) is 17.4. The minimum atomic E-state index is -4.97. The Kier molecular flexibility index (Phi) is 67.8. The number of rotatable bonds is 75. The van der Waals surface area contributed by atoms with Gasteiger partial charge in [0.05, 0.1) is 26.4 Å². The monoisotopic (exact) mass is 1410 g/mol. The van der Waals surface area contributed by atoms with Gasteiger partial charge in [-0.3, -0.25) is 37.3 Å². The molecule has 0 bridgehead atoms. The first-order valence-electron chi connectivity index (χ1n) is 39.5. The molecule has 0 heterocycles. The lowest BCUT2D eigenvalue weighted by atomic mass is 10.0. The van der Waals surface area contributed by atoms with Gasteiger partial charge in [0.15, 0.2) is 12.2 Å². The van der Waals surface area contributed by atoms with Gasteiger partial charge >= 0.3 is 39.5 Å². The van der Waals surface area contributed by atoms with Crippen LogP contribution in [0.4, 0.5) is 0 Å². The zero-order chi connectivity index (χ0) is 70.5. The Morgan fingerprint density at radius 1 is 0.323 bits per heavy atom. The largest absolute Gasteiger partial charge is 0.472 e. The topological polar surface area (TPSA) is 237 Å². The Labute approximate surface area is 586 Å². The molecule has 0 amide bonds. The Bertz CT molecular complexity index is 1930. The van der Waals surface area contributed by atoms with Crippen molar-refractivity contribution in [2.45, 2.75) is 400 Å². The number of phosphoric acid groups is 2. The summed E-state index contributed by atoms with van der Waals surface area (Å²) >= 11 is 0. The third-order valence-corrected chi connectivity index (χ3v) is 19.3. The molecule has 5 atom stereocenters. The summed E-state index contributed by atoms with van der Waals surface area (Å²) in [6.45, 7) is 7.24. The molecule has 96 heavy (non-hydrogen) atoms. The number of phosphoric ester groups is 2. The first-order chi connectivity index (χ1) is 46.5. The van der Waals surface area contributed by atoms with Gasteiger partial charge in [0, 0.05) is 25.7 Å². The SMILES string of the molecule is CCCCCC/C=C\C=C/CCCCCCCC(=O)O[C@H](COC(=O)CCCCCCCCCCCCCCCCC)COP(=O)(O)OC[C@@H](O)COP(=O)(O)OC[C@@H](COC(=O)CCCCCCCCCCCCCC)OC(=O)CCCCCCCCCCCCCC(C)C. The molecular weight excluding hydrogens is 1260 g/mol. The maximum Gasteiger partial charge on any atom is 0.472 e. The molecule has 3 N–H and O–H groups in total. The van der Waals surface area contributed by atoms with E-state index in [-0.39, 0.29) is 25.7 Å². The van der Waals surface area contributed by atoms with Gasteiger partial charge in [-0.15, -0.1) is 0 Å². The fourth-order valence-electron chi connectivity index (χ4n) is 11.3. The maximum absolute atomic E-state index is 13.1. The molecule has 0 aliphatic heterocycles. The summed E-state index contributed by atoms with van der Waals surface area (Å²) in [5.41, 5.74) is 0. The van der Waals surface area contributed by atoms with Gasteiger partial charge in [0.2, 0.25) is 0 Å². The summed E-state index contributed by atoms with van der Waals surface area (Å²) in [5, 5.41) is 10.6. The molecule has 0 radical (unpaired) electrons. The molecule has 19 heteroatoms. The fraction of sp³-hybridized carbons (Fsp3) is 0.896. The molecule has 0 fully saturated rings. The molecule has 0 saturated carbocycles. The van der Waals surface area contributed by atoms with Gasteiger partial charge in [0.25, 0.3) is 0 Å². The van der Waals surface area contributed by atoms with Gasteiger partial charge in [-0.2, -0.15) is 0 Å². The summed E-state index contributed by atoms with van der Waals surface area (Å²) < 4.78 is 68.5. The highest BCUT2D eigenvalue weighted by Crippen LogP contribution is 2.45. The fourth-order valence-corrected chi connectivity index (χ4v) is 12.9. The second-order valence-corrected chi connectivity index (χ2v) is 30.4. The molecule has 0 aliphatic rings. The first kappa shape index (κ1) is 93.5. The smallest absolute Gasteiger partial charge is 0.462 e. The minimum Gasteiger partial charge on any atom is -0.462 e. The van der Waals surface area contributed by atoms with Crippen LogP contribution in [0.5, 0.6) is 0 Å². The number of carbonyl (C=O) groups is 4. The van der Waals surface area contributed by atoms with Crippen LogP contribution in [0.1, 0.15) is 381 Å². The number of esters is 4. The van der Waals surface area contributed by atoms with Gasteiger partial charge in [-0.25, -0.2) is 9.13 Å². The number of ether oxygens (including phenoxy) is 4. The highest BCUT2D eigenvalue weighted by atomic mass is 31.2. The number of carbonyl (C=O) groups excluding carboxylic acids is 4. The minimum absolute atomic E-state index is 0.0858. The number of unbranched alkanes of at least 4 members (excludes halogenated alkanes) is 44. The summed E-state index contributed by atoms with van der Waals surface area (Å²) in [4.78, 5) is 72.9.